The molecule has 0 radical (unpaired) electrons. The highest BCUT2D eigenvalue weighted by molar-refractivity contribution is 3.87. The van der Waals surface area contributed by atoms with Crippen molar-refractivity contribution in [1.82, 2.24) is 0 Å². The zero-order valence-corrected chi connectivity index (χ0v) is 5.60. The van der Waals surface area contributed by atoms with Gasteiger partial charge in [-0.05, 0) is 0 Å². The number of nitrogens with two attached hydrogens (primary N) is 2. The number of rotatable bonds is 0. The normalized spacial score (nSPS) is 9.43. The van der Waals surface area contributed by atoms with Crippen LogP contribution in [0.3, 0.4) is 0 Å². The van der Waals surface area contributed by atoms with E-state index in [1.165, 1.54) is 0 Å². The third-order valence-corrected chi connectivity index (χ3v) is 0. The summed E-state index contributed by atoms with van der Waals surface area (Å²) in [6.07, 6.45) is 0. The molecular weight excluding hydrogens is 90.1 g/mol. The van der Waals surface area contributed by atoms with Gasteiger partial charge in [0.25, 0.3) is 0 Å². The minimum atomic E-state index is 1.00. The number of quaternary nitrogens is 1. The van der Waals surface area contributed by atoms with Gasteiger partial charge in [-0.25, -0.2) is 0 Å². The third kappa shape index (κ3) is 6150. The molecule has 0 rings (SSSR count). The zero-order valence-electron chi connectivity index (χ0n) is 5.60. The van der Waals surface area contributed by atoms with Gasteiger partial charge in [-0.2, -0.15) is 0 Å². The van der Waals surface area contributed by atoms with Crippen LogP contribution < -0.4 is 11.7 Å². The van der Waals surface area contributed by atoms with E-state index in [0.717, 1.165) is 4.48 Å². The van der Waals surface area contributed by atoms with Gasteiger partial charge in [0.1, 0.15) is 0 Å². The topological polar surface area (TPSA) is 52.0 Å². The van der Waals surface area contributed by atoms with Crippen LogP contribution in [0.4, 0.5) is 0 Å². The first-order valence-electron chi connectivity index (χ1n) is 2.12. The van der Waals surface area contributed by atoms with Crippen molar-refractivity contribution in [3.05, 3.63) is 0 Å². The molecule has 0 aromatic heterocycles. The van der Waals surface area contributed by atoms with Crippen LogP contribution >= 0.6 is 0 Å². The Balaban J connectivity index is 0. The Bertz CT molecular complexity index is 22.4. The molecular formula is C4H16N3+. The molecule has 0 unspecified atom stereocenters. The van der Waals surface area contributed by atoms with E-state index in [1.54, 1.807) is 0 Å². The standard InChI is InChI=1S/C4H12N.H4N2/c1-5(2,3)4;1-2/h1-4H3;1-2H2/q+1;. The number of hydrogen-bond donors (Lipinski definition) is 2. The summed E-state index contributed by atoms with van der Waals surface area (Å²) in [5, 5.41) is 0. The fraction of sp³-hybridized carbons (Fsp3) is 1.00. The van der Waals surface area contributed by atoms with Gasteiger partial charge in [-0.3, -0.25) is 11.7 Å². The number of nitrogens with zero attached hydrogens (tertiary/aromatic N) is 1. The molecule has 46 valence electrons. The largest absolute Gasteiger partial charge is 0.333 e. The average molecular weight is 106 g/mol. The Hall–Kier alpha value is -0.120. The lowest BCUT2D eigenvalue weighted by Gasteiger charge is -2.14. The van der Waals surface area contributed by atoms with Crippen LogP contribution in [0.2, 0.25) is 0 Å². The predicted molar refractivity (Wildman–Crippen MR) is 32.3 cm³/mol. The van der Waals surface area contributed by atoms with Crippen molar-refractivity contribution in [2.24, 2.45) is 11.7 Å². The van der Waals surface area contributed by atoms with E-state index in [4.69, 9.17) is 0 Å². The Morgan fingerprint density at radius 2 is 0.857 bits per heavy atom. The lowest BCUT2D eigenvalue weighted by atomic mass is 10.8. The summed E-state index contributed by atoms with van der Waals surface area (Å²) in [7, 11) is 8.50. The molecule has 0 aliphatic carbocycles. The van der Waals surface area contributed by atoms with E-state index >= 15 is 0 Å². The summed E-state index contributed by atoms with van der Waals surface area (Å²) in [5.74, 6) is 8.00. The maximum atomic E-state index is 4.00. The molecule has 0 saturated carbocycles. The minimum Gasteiger partial charge on any atom is -0.333 e. The summed E-state index contributed by atoms with van der Waals surface area (Å²) in [4.78, 5) is 0. The minimum absolute atomic E-state index is 1.00. The van der Waals surface area contributed by atoms with E-state index in [1.807, 2.05) is 0 Å². The fourth-order valence-corrected chi connectivity index (χ4v) is 0. The van der Waals surface area contributed by atoms with Gasteiger partial charge in [0.2, 0.25) is 0 Å². The van der Waals surface area contributed by atoms with Crippen LogP contribution in [-0.2, 0) is 0 Å². The molecule has 0 amide bonds. The molecule has 0 fully saturated rings. The van der Waals surface area contributed by atoms with Crippen LogP contribution in [-0.4, -0.2) is 32.7 Å². The summed E-state index contributed by atoms with van der Waals surface area (Å²) in [6.45, 7) is 0. The van der Waals surface area contributed by atoms with Crippen LogP contribution in [0.5, 0.6) is 0 Å². The molecule has 0 bridgehead atoms. The summed E-state index contributed by atoms with van der Waals surface area (Å²) in [6, 6.07) is 0. The van der Waals surface area contributed by atoms with Gasteiger partial charge in [0.05, 0.1) is 28.2 Å². The van der Waals surface area contributed by atoms with Crippen molar-refractivity contribution in [2.45, 2.75) is 0 Å². The SMILES string of the molecule is C[N+](C)(C)C.NN. The summed E-state index contributed by atoms with van der Waals surface area (Å²) in [5.41, 5.74) is 0. The monoisotopic (exact) mass is 106 g/mol. The second-order valence-corrected chi connectivity index (χ2v) is 2.68. The van der Waals surface area contributed by atoms with Crippen molar-refractivity contribution in [1.29, 1.82) is 0 Å². The first-order chi connectivity index (χ1) is 3.00. The number of hydrogen-bond acceptors (Lipinski definition) is 2. The van der Waals surface area contributed by atoms with Crippen LogP contribution in [0.15, 0.2) is 0 Å². The molecule has 0 heterocycles. The van der Waals surface area contributed by atoms with Crippen molar-refractivity contribution in [3.8, 4) is 0 Å². The van der Waals surface area contributed by atoms with Gasteiger partial charge in [-0.1, -0.05) is 0 Å². The second-order valence-electron chi connectivity index (χ2n) is 2.68. The van der Waals surface area contributed by atoms with E-state index < -0.39 is 0 Å². The van der Waals surface area contributed by atoms with E-state index in [2.05, 4.69) is 39.9 Å². The average Bonchev–Trinajstić information content (AvgIpc) is 1.36. The first-order valence-corrected chi connectivity index (χ1v) is 2.12. The van der Waals surface area contributed by atoms with Gasteiger partial charge in [0.15, 0.2) is 0 Å². The molecule has 0 aliphatic rings. The highest BCUT2D eigenvalue weighted by Gasteiger charge is 1.88. The molecule has 0 aliphatic heterocycles. The van der Waals surface area contributed by atoms with Crippen molar-refractivity contribution in [2.75, 3.05) is 28.2 Å². The first kappa shape index (κ1) is 9.99. The van der Waals surface area contributed by atoms with Gasteiger partial charge < -0.3 is 4.48 Å². The highest BCUT2D eigenvalue weighted by atomic mass is 15.2. The third-order valence-electron chi connectivity index (χ3n) is 0. The van der Waals surface area contributed by atoms with Gasteiger partial charge >= 0.3 is 0 Å². The maximum absolute atomic E-state index is 4.00. The van der Waals surface area contributed by atoms with Gasteiger partial charge in [-0.15, -0.1) is 0 Å². The van der Waals surface area contributed by atoms with Crippen LogP contribution in [0.25, 0.3) is 0 Å². The fourth-order valence-electron chi connectivity index (χ4n) is 0. The van der Waals surface area contributed by atoms with Crippen molar-refractivity contribution >= 4 is 0 Å². The summed E-state index contributed by atoms with van der Waals surface area (Å²) < 4.78 is 1.00. The molecule has 0 saturated heterocycles. The molecule has 3 heteroatoms. The Morgan fingerprint density at radius 1 is 0.857 bits per heavy atom. The Morgan fingerprint density at radius 3 is 0.857 bits per heavy atom. The van der Waals surface area contributed by atoms with Crippen LogP contribution in [0, 0.1) is 0 Å². The van der Waals surface area contributed by atoms with Crippen molar-refractivity contribution < 1.29 is 4.48 Å². The Kier molecular flexibility index (Phi) is 5.78. The van der Waals surface area contributed by atoms with E-state index in [0.29, 0.717) is 0 Å². The second kappa shape index (κ2) is 4.05. The predicted octanol–water partition coefficient (Wildman–Crippen LogP) is -0.859. The molecule has 0 atom stereocenters. The molecule has 0 aromatic rings. The Labute approximate surface area is 45.5 Å². The van der Waals surface area contributed by atoms with Crippen LogP contribution in [0.1, 0.15) is 0 Å². The smallest absolute Gasteiger partial charge is 0.0675 e. The van der Waals surface area contributed by atoms with E-state index in [-0.39, 0.29) is 0 Å². The van der Waals surface area contributed by atoms with Gasteiger partial charge in [0, 0.05) is 0 Å². The maximum Gasteiger partial charge on any atom is 0.0675 e. The highest BCUT2D eigenvalue weighted by Crippen LogP contribution is 1.73. The molecule has 4 N–H and O–H groups in total. The summed E-state index contributed by atoms with van der Waals surface area (Å²) >= 11 is 0. The molecule has 7 heavy (non-hydrogen) atoms. The lowest BCUT2D eigenvalue weighted by Crippen LogP contribution is -2.27. The quantitative estimate of drug-likeness (QED) is 0.240. The number of hydrazine groups is 1. The van der Waals surface area contributed by atoms with E-state index in [9.17, 15) is 0 Å². The molecule has 0 spiro atoms. The molecule has 0 aromatic carbocycles. The van der Waals surface area contributed by atoms with Crippen molar-refractivity contribution in [3.63, 3.8) is 0 Å². The lowest BCUT2D eigenvalue weighted by molar-refractivity contribution is -0.849. The molecule has 3 nitrogen and oxygen atoms in total. The zero-order chi connectivity index (χ0) is 6.50.